The lowest BCUT2D eigenvalue weighted by atomic mass is 9.86. The minimum atomic E-state index is -3.19. The van der Waals surface area contributed by atoms with E-state index in [0.717, 1.165) is 37.0 Å². The summed E-state index contributed by atoms with van der Waals surface area (Å²) in [5.74, 6) is 1.21. The van der Waals surface area contributed by atoms with Crippen LogP contribution in [0.5, 0.6) is 5.75 Å². The first kappa shape index (κ1) is 25.7. The highest BCUT2D eigenvalue weighted by molar-refractivity contribution is 7.88. The first-order valence-corrected chi connectivity index (χ1v) is 13.7. The van der Waals surface area contributed by atoms with E-state index >= 15 is 0 Å². The molecule has 2 heterocycles. The van der Waals surface area contributed by atoms with E-state index in [9.17, 15) is 13.2 Å². The zero-order valence-electron chi connectivity index (χ0n) is 20.6. The van der Waals surface area contributed by atoms with Crippen LogP contribution in [0.3, 0.4) is 0 Å². The molecule has 0 bridgehead atoms. The molecule has 4 rings (SSSR count). The van der Waals surface area contributed by atoms with Crippen molar-refractivity contribution < 1.29 is 17.9 Å². The van der Waals surface area contributed by atoms with Gasteiger partial charge in [-0.1, -0.05) is 12.1 Å². The van der Waals surface area contributed by atoms with E-state index in [1.54, 1.807) is 18.0 Å². The number of sulfonamides is 1. The van der Waals surface area contributed by atoms with Crippen molar-refractivity contribution >= 4 is 15.9 Å². The van der Waals surface area contributed by atoms with Crippen LogP contribution in [-0.4, -0.2) is 58.9 Å². The smallest absolute Gasteiger partial charge is 0.270 e. The second-order valence-electron chi connectivity index (χ2n) is 9.19. The molecule has 1 aromatic carbocycles. The topological polar surface area (TPSA) is 141 Å². The number of tetrazole rings is 1. The summed E-state index contributed by atoms with van der Waals surface area (Å²) >= 11 is 0. The van der Waals surface area contributed by atoms with Gasteiger partial charge in [0.15, 0.2) is 0 Å². The van der Waals surface area contributed by atoms with Gasteiger partial charge in [0.05, 0.1) is 19.9 Å². The molecular weight excluding hydrogens is 482 g/mol. The number of ether oxygens (including phenoxy) is 1. The molecule has 36 heavy (non-hydrogen) atoms. The van der Waals surface area contributed by atoms with Crippen LogP contribution in [0.25, 0.3) is 11.4 Å². The van der Waals surface area contributed by atoms with Crippen LogP contribution >= 0.6 is 0 Å². The molecule has 0 atom stereocenters. The number of nitrogens with zero attached hydrogens (tertiary/aromatic N) is 5. The van der Waals surface area contributed by atoms with E-state index in [0.29, 0.717) is 36.1 Å². The monoisotopic (exact) mass is 513 g/mol. The fourth-order valence-electron chi connectivity index (χ4n) is 4.40. The maximum Gasteiger partial charge on any atom is 0.270 e. The molecule has 2 aromatic heterocycles. The van der Waals surface area contributed by atoms with Gasteiger partial charge in [0, 0.05) is 23.8 Å². The Bertz CT molecular complexity index is 1320. The van der Waals surface area contributed by atoms with Crippen molar-refractivity contribution in [3.63, 3.8) is 0 Å². The summed E-state index contributed by atoms with van der Waals surface area (Å²) in [5.41, 5.74) is 2.54. The number of aryl methyl sites for hydroxylation is 1. The lowest BCUT2D eigenvalue weighted by Crippen LogP contribution is -2.37. The van der Waals surface area contributed by atoms with E-state index in [1.807, 2.05) is 37.3 Å². The summed E-state index contributed by atoms with van der Waals surface area (Å²) < 4.78 is 30.8. The van der Waals surface area contributed by atoms with Gasteiger partial charge in [-0.25, -0.2) is 18.1 Å². The predicted molar refractivity (Wildman–Crippen MR) is 134 cm³/mol. The average molecular weight is 514 g/mol. The van der Waals surface area contributed by atoms with Crippen LogP contribution in [0.4, 0.5) is 0 Å². The van der Waals surface area contributed by atoms with Gasteiger partial charge in [0.1, 0.15) is 11.4 Å². The Morgan fingerprint density at radius 3 is 2.67 bits per heavy atom. The van der Waals surface area contributed by atoms with Crippen molar-refractivity contribution in [3.05, 3.63) is 53.3 Å². The lowest BCUT2D eigenvalue weighted by molar-refractivity contribution is 0.0945. The van der Waals surface area contributed by atoms with Crippen LogP contribution in [-0.2, 0) is 23.1 Å². The molecule has 1 aliphatic rings. The molecule has 1 aliphatic carbocycles. The number of pyridine rings is 1. The molecule has 1 fully saturated rings. The number of benzene rings is 1. The number of carbonyl (C=O) groups excluding carboxylic acids is 1. The van der Waals surface area contributed by atoms with E-state index in [-0.39, 0.29) is 17.6 Å². The van der Waals surface area contributed by atoms with Gasteiger partial charge in [0.25, 0.3) is 5.91 Å². The van der Waals surface area contributed by atoms with E-state index in [2.05, 4.69) is 30.4 Å². The fraction of sp³-hybridized carbons (Fsp3) is 0.458. The van der Waals surface area contributed by atoms with Crippen LogP contribution in [0.15, 0.2) is 36.4 Å². The number of nitrogens with one attached hydrogen (secondary N) is 2. The standard InChI is InChI=1S/C24H31N7O4S/c1-16-11-19(13-22(26-16)24(32)25-14-18-5-4-6-21(12-18)35-2)23-27-30-31(28-23)15-17-7-9-20(10-8-17)29-36(3,33)34/h4-6,11-13,17,20,29H,7-10,14-15H2,1-3H3,(H,25,32)/t17-,20+. The SMILES string of the molecule is COc1cccc(CNC(=O)c2cc(-c3nnn(C[C@H]4CC[C@@H](NS(C)(=O)=O)CC4)n3)cc(C)n2)c1. The maximum atomic E-state index is 12.8. The molecule has 3 aromatic rings. The Labute approximate surface area is 210 Å². The van der Waals surface area contributed by atoms with Crippen molar-refractivity contribution in [1.29, 1.82) is 0 Å². The van der Waals surface area contributed by atoms with Gasteiger partial charge in [-0.05, 0) is 73.6 Å². The zero-order chi connectivity index (χ0) is 25.7. The number of hydrogen-bond donors (Lipinski definition) is 2. The minimum absolute atomic E-state index is 0.0104. The number of rotatable bonds is 9. The van der Waals surface area contributed by atoms with Crippen molar-refractivity contribution in [2.45, 2.75) is 51.7 Å². The summed E-state index contributed by atoms with van der Waals surface area (Å²) in [7, 11) is -1.59. The number of methoxy groups -OCH3 is 1. The molecule has 192 valence electrons. The predicted octanol–water partition coefficient (Wildman–Crippen LogP) is 2.09. The third kappa shape index (κ3) is 7.08. The van der Waals surface area contributed by atoms with Gasteiger partial charge in [-0.2, -0.15) is 4.80 Å². The first-order valence-electron chi connectivity index (χ1n) is 11.8. The van der Waals surface area contributed by atoms with E-state index in [4.69, 9.17) is 4.74 Å². The van der Waals surface area contributed by atoms with Crippen LogP contribution in [0, 0.1) is 12.8 Å². The highest BCUT2D eigenvalue weighted by Gasteiger charge is 2.24. The number of hydrogen-bond acceptors (Lipinski definition) is 8. The molecule has 0 radical (unpaired) electrons. The molecule has 0 saturated heterocycles. The van der Waals surface area contributed by atoms with Crippen LogP contribution in [0.2, 0.25) is 0 Å². The highest BCUT2D eigenvalue weighted by Crippen LogP contribution is 2.26. The molecular formula is C24H31N7O4S. The molecule has 1 amide bonds. The minimum Gasteiger partial charge on any atom is -0.497 e. The van der Waals surface area contributed by atoms with Gasteiger partial charge >= 0.3 is 0 Å². The van der Waals surface area contributed by atoms with Gasteiger partial charge in [-0.15, -0.1) is 10.2 Å². The number of amides is 1. The molecule has 11 nitrogen and oxygen atoms in total. The Hall–Kier alpha value is -3.38. The highest BCUT2D eigenvalue weighted by atomic mass is 32.2. The maximum absolute atomic E-state index is 12.8. The summed E-state index contributed by atoms with van der Waals surface area (Å²) in [5, 5.41) is 15.8. The van der Waals surface area contributed by atoms with Crippen molar-refractivity contribution in [2.24, 2.45) is 5.92 Å². The molecule has 1 saturated carbocycles. The van der Waals surface area contributed by atoms with Crippen molar-refractivity contribution in [2.75, 3.05) is 13.4 Å². The number of aromatic nitrogens is 5. The first-order chi connectivity index (χ1) is 17.2. The molecule has 0 aliphatic heterocycles. The zero-order valence-corrected chi connectivity index (χ0v) is 21.5. The van der Waals surface area contributed by atoms with Crippen molar-refractivity contribution in [1.82, 2.24) is 35.2 Å². The second kappa shape index (κ2) is 11.1. The lowest BCUT2D eigenvalue weighted by Gasteiger charge is -2.27. The Kier molecular flexibility index (Phi) is 7.94. The van der Waals surface area contributed by atoms with E-state index < -0.39 is 10.0 Å². The normalized spacial score (nSPS) is 18.1. The van der Waals surface area contributed by atoms with E-state index in [1.165, 1.54) is 6.26 Å². The Balaban J connectivity index is 1.37. The van der Waals surface area contributed by atoms with Gasteiger partial charge in [0.2, 0.25) is 15.8 Å². The molecule has 0 unspecified atom stereocenters. The van der Waals surface area contributed by atoms with Crippen LogP contribution < -0.4 is 14.8 Å². The van der Waals surface area contributed by atoms with Gasteiger partial charge < -0.3 is 10.1 Å². The summed E-state index contributed by atoms with van der Waals surface area (Å²) in [6, 6.07) is 11.0. The Morgan fingerprint density at radius 1 is 1.17 bits per heavy atom. The summed E-state index contributed by atoms with van der Waals surface area (Å²) in [6.45, 7) is 2.77. The third-order valence-electron chi connectivity index (χ3n) is 6.13. The Morgan fingerprint density at radius 2 is 1.94 bits per heavy atom. The largest absolute Gasteiger partial charge is 0.497 e. The fourth-order valence-corrected chi connectivity index (χ4v) is 5.24. The molecule has 0 spiro atoms. The van der Waals surface area contributed by atoms with Gasteiger partial charge in [-0.3, -0.25) is 4.79 Å². The average Bonchev–Trinajstić information content (AvgIpc) is 3.31. The molecule has 12 heteroatoms. The number of carbonyl (C=O) groups is 1. The third-order valence-corrected chi connectivity index (χ3v) is 6.89. The summed E-state index contributed by atoms with van der Waals surface area (Å²) in [4.78, 5) is 18.7. The van der Waals surface area contributed by atoms with Crippen LogP contribution in [0.1, 0.15) is 47.4 Å². The summed E-state index contributed by atoms with van der Waals surface area (Å²) in [6.07, 6.45) is 4.54. The second-order valence-corrected chi connectivity index (χ2v) is 11.0. The molecule has 2 N–H and O–H groups in total. The quantitative estimate of drug-likeness (QED) is 0.443. The van der Waals surface area contributed by atoms with Crippen molar-refractivity contribution in [3.8, 4) is 17.1 Å².